The van der Waals surface area contributed by atoms with Crippen molar-refractivity contribution in [1.82, 2.24) is 15.5 Å². The number of nitrogens with zero attached hydrogens (tertiary/aromatic N) is 2. The molecule has 1 N–H and O–H groups in total. The molecule has 5 nitrogen and oxygen atoms in total. The van der Waals surface area contributed by atoms with Crippen LogP contribution >= 0.6 is 11.6 Å². The minimum atomic E-state index is -0.194. The highest BCUT2D eigenvalue weighted by Gasteiger charge is 2.10. The fraction of sp³-hybridized carbons (Fsp3) is 0.250. The molecule has 1 aromatic heterocycles. The van der Waals surface area contributed by atoms with E-state index in [1.807, 2.05) is 6.92 Å². The first kappa shape index (κ1) is 12.6. The van der Waals surface area contributed by atoms with Crippen molar-refractivity contribution < 1.29 is 9.21 Å². The van der Waals surface area contributed by atoms with E-state index in [1.165, 1.54) is 0 Å². The van der Waals surface area contributed by atoms with Crippen LogP contribution in [0.5, 0.6) is 0 Å². The second-order valence-electron chi connectivity index (χ2n) is 3.86. The van der Waals surface area contributed by atoms with Crippen molar-refractivity contribution in [2.24, 2.45) is 0 Å². The zero-order valence-electron chi connectivity index (χ0n) is 10.0. The zero-order valence-corrected chi connectivity index (χ0v) is 10.8. The molecule has 0 radical (unpaired) electrons. The van der Waals surface area contributed by atoms with Crippen LogP contribution in [0.25, 0.3) is 0 Å². The van der Waals surface area contributed by atoms with Crippen LogP contribution in [0.1, 0.15) is 27.7 Å². The normalized spacial score (nSPS) is 10.4. The maximum atomic E-state index is 11.9. The summed E-state index contributed by atoms with van der Waals surface area (Å²) in [6.45, 7) is 3.74. The molecule has 6 heteroatoms. The number of carbonyl (C=O) groups excluding carboxylic acids is 1. The van der Waals surface area contributed by atoms with Gasteiger partial charge in [0, 0.05) is 17.5 Å². The Bertz CT molecular complexity index is 580. The first-order valence-corrected chi connectivity index (χ1v) is 5.77. The smallest absolute Gasteiger partial charge is 0.251 e. The Morgan fingerprint density at radius 1 is 1.39 bits per heavy atom. The van der Waals surface area contributed by atoms with Crippen molar-refractivity contribution in [3.8, 4) is 0 Å². The van der Waals surface area contributed by atoms with E-state index in [9.17, 15) is 4.79 Å². The maximum absolute atomic E-state index is 11.9. The van der Waals surface area contributed by atoms with Crippen molar-refractivity contribution in [2.75, 3.05) is 0 Å². The lowest BCUT2D eigenvalue weighted by Crippen LogP contribution is -2.23. The second-order valence-corrected chi connectivity index (χ2v) is 4.29. The predicted molar refractivity (Wildman–Crippen MR) is 66.4 cm³/mol. The quantitative estimate of drug-likeness (QED) is 0.924. The number of benzene rings is 1. The van der Waals surface area contributed by atoms with Crippen LogP contribution in [0.2, 0.25) is 5.02 Å². The summed E-state index contributed by atoms with van der Waals surface area (Å²) < 4.78 is 5.16. The largest absolute Gasteiger partial charge is 0.424 e. The monoisotopic (exact) mass is 265 g/mol. The summed E-state index contributed by atoms with van der Waals surface area (Å²) in [5.74, 6) is 0.661. The van der Waals surface area contributed by atoms with Gasteiger partial charge in [-0.3, -0.25) is 4.79 Å². The summed E-state index contributed by atoms with van der Waals surface area (Å²) in [7, 11) is 0. The molecular formula is C12H12ClN3O2. The highest BCUT2D eigenvalue weighted by atomic mass is 35.5. The topological polar surface area (TPSA) is 68.0 Å². The Morgan fingerprint density at radius 3 is 2.78 bits per heavy atom. The van der Waals surface area contributed by atoms with E-state index in [4.69, 9.17) is 16.0 Å². The third-order valence-electron chi connectivity index (χ3n) is 2.40. The average Bonchev–Trinajstić information content (AvgIpc) is 2.72. The Hall–Kier alpha value is -1.88. The predicted octanol–water partition coefficient (Wildman–Crippen LogP) is 2.27. The average molecular weight is 266 g/mol. The lowest BCUT2D eigenvalue weighted by molar-refractivity contribution is 0.0946. The fourth-order valence-corrected chi connectivity index (χ4v) is 1.77. The second kappa shape index (κ2) is 5.18. The first-order valence-electron chi connectivity index (χ1n) is 5.39. The minimum Gasteiger partial charge on any atom is -0.424 e. The van der Waals surface area contributed by atoms with Gasteiger partial charge in [-0.2, -0.15) is 0 Å². The summed E-state index contributed by atoms with van der Waals surface area (Å²) in [6.07, 6.45) is 0. The molecule has 0 bridgehead atoms. The Morgan fingerprint density at radius 2 is 2.17 bits per heavy atom. The Balaban J connectivity index is 2.03. The highest BCUT2D eigenvalue weighted by molar-refractivity contribution is 6.30. The molecule has 0 spiro atoms. The van der Waals surface area contributed by atoms with Crippen LogP contribution in [-0.4, -0.2) is 16.1 Å². The highest BCUT2D eigenvalue weighted by Crippen LogP contribution is 2.15. The van der Waals surface area contributed by atoms with Gasteiger partial charge in [-0.05, 0) is 30.7 Å². The van der Waals surface area contributed by atoms with Crippen LogP contribution in [0.3, 0.4) is 0 Å². The van der Waals surface area contributed by atoms with Crippen LogP contribution in [0, 0.1) is 13.8 Å². The number of carbonyl (C=O) groups is 1. The molecule has 0 aliphatic heterocycles. The van der Waals surface area contributed by atoms with Crippen molar-refractivity contribution >= 4 is 17.5 Å². The van der Waals surface area contributed by atoms with E-state index in [1.54, 1.807) is 25.1 Å². The van der Waals surface area contributed by atoms with Gasteiger partial charge in [0.2, 0.25) is 11.8 Å². The summed E-state index contributed by atoms with van der Waals surface area (Å²) in [6, 6.07) is 5.11. The number of rotatable bonds is 3. The summed E-state index contributed by atoms with van der Waals surface area (Å²) >= 11 is 5.83. The van der Waals surface area contributed by atoms with Crippen LogP contribution in [-0.2, 0) is 6.54 Å². The molecule has 0 unspecified atom stereocenters. The molecule has 0 aliphatic carbocycles. The molecule has 18 heavy (non-hydrogen) atoms. The van der Waals surface area contributed by atoms with Crippen LogP contribution in [0.4, 0.5) is 0 Å². The van der Waals surface area contributed by atoms with Gasteiger partial charge in [-0.1, -0.05) is 11.6 Å². The molecule has 2 aromatic rings. The molecule has 0 saturated carbocycles. The third-order valence-corrected chi connectivity index (χ3v) is 2.64. The van der Waals surface area contributed by atoms with E-state index >= 15 is 0 Å². The van der Waals surface area contributed by atoms with E-state index in [0.717, 1.165) is 5.56 Å². The molecule has 0 aliphatic rings. The number of amides is 1. The standard InChI is InChI=1S/C12H12ClN3O2/c1-7-5-9(13)3-4-10(7)12(17)14-6-11-16-15-8(2)18-11/h3-5H,6H2,1-2H3,(H,14,17). The lowest BCUT2D eigenvalue weighted by Gasteiger charge is -2.06. The molecular weight excluding hydrogens is 254 g/mol. The maximum Gasteiger partial charge on any atom is 0.251 e. The first-order chi connectivity index (χ1) is 8.56. The zero-order chi connectivity index (χ0) is 13.1. The van der Waals surface area contributed by atoms with Gasteiger partial charge in [0.25, 0.3) is 5.91 Å². The molecule has 0 saturated heterocycles. The van der Waals surface area contributed by atoms with Crippen molar-refractivity contribution in [1.29, 1.82) is 0 Å². The molecule has 0 atom stereocenters. The minimum absolute atomic E-state index is 0.194. The van der Waals surface area contributed by atoms with Gasteiger partial charge in [0.15, 0.2) is 0 Å². The Labute approximate surface area is 109 Å². The van der Waals surface area contributed by atoms with E-state index in [0.29, 0.717) is 22.4 Å². The summed E-state index contributed by atoms with van der Waals surface area (Å²) in [5.41, 5.74) is 1.40. The molecule has 0 fully saturated rings. The van der Waals surface area contributed by atoms with Crippen molar-refractivity contribution in [3.63, 3.8) is 0 Å². The van der Waals surface area contributed by atoms with E-state index in [2.05, 4.69) is 15.5 Å². The van der Waals surface area contributed by atoms with Gasteiger partial charge in [-0.25, -0.2) is 0 Å². The lowest BCUT2D eigenvalue weighted by atomic mass is 10.1. The van der Waals surface area contributed by atoms with E-state index < -0.39 is 0 Å². The van der Waals surface area contributed by atoms with Gasteiger partial charge in [-0.15, -0.1) is 10.2 Å². The SMILES string of the molecule is Cc1nnc(CNC(=O)c2ccc(Cl)cc2C)o1. The number of aromatic nitrogens is 2. The summed E-state index contributed by atoms with van der Waals surface area (Å²) in [4.78, 5) is 11.9. The Kier molecular flexibility index (Phi) is 3.62. The van der Waals surface area contributed by atoms with Crippen molar-refractivity contribution in [3.05, 3.63) is 46.1 Å². The van der Waals surface area contributed by atoms with Gasteiger partial charge < -0.3 is 9.73 Å². The van der Waals surface area contributed by atoms with Gasteiger partial charge in [0.05, 0.1) is 6.54 Å². The van der Waals surface area contributed by atoms with Crippen LogP contribution in [0.15, 0.2) is 22.6 Å². The molecule has 1 heterocycles. The summed E-state index contributed by atoms with van der Waals surface area (Å²) in [5, 5.41) is 10.8. The van der Waals surface area contributed by atoms with E-state index in [-0.39, 0.29) is 12.5 Å². The fourth-order valence-electron chi connectivity index (χ4n) is 1.54. The van der Waals surface area contributed by atoms with Crippen molar-refractivity contribution in [2.45, 2.75) is 20.4 Å². The number of hydrogen-bond acceptors (Lipinski definition) is 4. The molecule has 94 valence electrons. The number of nitrogens with one attached hydrogen (secondary N) is 1. The third kappa shape index (κ3) is 2.87. The van der Waals surface area contributed by atoms with Crippen LogP contribution < -0.4 is 5.32 Å². The number of hydrogen-bond donors (Lipinski definition) is 1. The number of aryl methyl sites for hydroxylation is 2. The van der Waals surface area contributed by atoms with Gasteiger partial charge in [0.1, 0.15) is 0 Å². The van der Waals surface area contributed by atoms with Gasteiger partial charge >= 0.3 is 0 Å². The molecule has 1 aromatic carbocycles. The number of halogens is 1. The molecule has 1 amide bonds. The molecule has 2 rings (SSSR count).